The van der Waals surface area contributed by atoms with Gasteiger partial charge in [0.2, 0.25) is 0 Å². The number of nitrogens with one attached hydrogen (secondary N) is 1. The lowest BCUT2D eigenvalue weighted by Crippen LogP contribution is -2.53. The monoisotopic (exact) mass is 409 g/mol. The van der Waals surface area contributed by atoms with Gasteiger partial charge >= 0.3 is 0 Å². The second-order valence-electron chi connectivity index (χ2n) is 7.57. The molecule has 0 bridgehead atoms. The number of aliphatic hydroxyl groups excluding tert-OH is 2. The minimum absolute atomic E-state index is 0.0320. The van der Waals surface area contributed by atoms with Crippen molar-refractivity contribution in [3.8, 4) is 0 Å². The third-order valence-electron chi connectivity index (χ3n) is 5.53. The number of hydrogen-bond donors (Lipinski definition) is 3. The highest BCUT2D eigenvalue weighted by Crippen LogP contribution is 2.22. The van der Waals surface area contributed by atoms with Crippen molar-refractivity contribution in [2.45, 2.75) is 50.5 Å². The third kappa shape index (κ3) is 5.23. The molecule has 2 aliphatic heterocycles. The molecule has 8 heteroatoms. The van der Waals surface area contributed by atoms with Gasteiger partial charge in [0.1, 0.15) is 0 Å². The van der Waals surface area contributed by atoms with Gasteiger partial charge in [0.05, 0.1) is 0 Å². The molecule has 0 aromatic heterocycles. The van der Waals surface area contributed by atoms with Gasteiger partial charge in [0.25, 0.3) is 11.8 Å². The maximum Gasteiger partial charge on any atom is 0.254 e. The van der Waals surface area contributed by atoms with Gasteiger partial charge in [-0.25, -0.2) is 0 Å². The summed E-state index contributed by atoms with van der Waals surface area (Å²) in [5.41, 5.74) is 0.802. The van der Waals surface area contributed by atoms with Crippen LogP contribution in [0.2, 0.25) is 5.02 Å². The Morgan fingerprint density at radius 2 is 1.75 bits per heavy atom. The Hall–Kier alpha value is -1.67. The molecular formula is C20H28ClN3O4. The molecule has 2 heterocycles. The van der Waals surface area contributed by atoms with Gasteiger partial charge in [-0.3, -0.25) is 9.59 Å². The molecule has 0 saturated carbocycles. The van der Waals surface area contributed by atoms with E-state index in [1.807, 2.05) is 0 Å². The predicted octanol–water partition coefficient (Wildman–Crippen LogP) is 0.765. The van der Waals surface area contributed by atoms with Crippen molar-refractivity contribution in [1.29, 1.82) is 0 Å². The van der Waals surface area contributed by atoms with Gasteiger partial charge in [-0.05, 0) is 56.5 Å². The van der Waals surface area contributed by atoms with Crippen molar-refractivity contribution < 1.29 is 19.8 Å². The average molecular weight is 410 g/mol. The number of rotatable bonds is 7. The molecule has 7 nitrogen and oxygen atoms in total. The molecule has 3 N–H and O–H groups in total. The number of carbonyl (C=O) groups excluding carboxylic acids is 2. The molecule has 0 radical (unpaired) electrons. The lowest BCUT2D eigenvalue weighted by atomic mass is 10.1. The highest BCUT2D eigenvalue weighted by molar-refractivity contribution is 6.30. The second kappa shape index (κ2) is 9.69. The zero-order valence-electron chi connectivity index (χ0n) is 15.9. The van der Waals surface area contributed by atoms with Crippen LogP contribution in [0.3, 0.4) is 0 Å². The molecule has 0 unspecified atom stereocenters. The van der Waals surface area contributed by atoms with Crippen molar-refractivity contribution in [3.05, 3.63) is 34.9 Å². The Labute approximate surface area is 170 Å². The summed E-state index contributed by atoms with van der Waals surface area (Å²) in [5, 5.41) is 23.6. The largest absolute Gasteiger partial charge is 0.380 e. The molecule has 2 saturated heterocycles. The molecule has 0 spiro atoms. The minimum Gasteiger partial charge on any atom is -0.380 e. The van der Waals surface area contributed by atoms with E-state index in [1.165, 1.54) is 12.8 Å². The fraction of sp³-hybridized carbons (Fsp3) is 0.600. The summed E-state index contributed by atoms with van der Waals surface area (Å²) >= 11 is 5.82. The molecule has 1 aromatic rings. The van der Waals surface area contributed by atoms with Crippen LogP contribution in [-0.2, 0) is 16.1 Å². The summed E-state index contributed by atoms with van der Waals surface area (Å²) in [6, 6.07) is 6.94. The molecule has 0 aliphatic carbocycles. The Morgan fingerprint density at radius 1 is 1.07 bits per heavy atom. The zero-order valence-corrected chi connectivity index (χ0v) is 16.6. The lowest BCUT2D eigenvalue weighted by Gasteiger charge is -2.30. The maximum atomic E-state index is 12.7. The molecule has 28 heavy (non-hydrogen) atoms. The summed E-state index contributed by atoms with van der Waals surface area (Å²) in [6.07, 6.45) is 0.548. The van der Waals surface area contributed by atoms with Crippen LogP contribution in [0.25, 0.3) is 0 Å². The Bertz CT molecular complexity index is 679. The van der Waals surface area contributed by atoms with Crippen LogP contribution in [0.15, 0.2) is 24.3 Å². The lowest BCUT2D eigenvalue weighted by molar-refractivity contribution is -0.154. The summed E-state index contributed by atoms with van der Waals surface area (Å²) in [4.78, 5) is 28.8. The minimum atomic E-state index is -1.80. The van der Waals surface area contributed by atoms with E-state index in [4.69, 9.17) is 11.6 Å². The number of likely N-dealkylation sites (tertiary alicyclic amines) is 2. The van der Waals surface area contributed by atoms with E-state index >= 15 is 0 Å². The summed E-state index contributed by atoms with van der Waals surface area (Å²) in [5.74, 6) is -1.35. The average Bonchev–Trinajstić information content (AvgIpc) is 3.38. The van der Waals surface area contributed by atoms with Crippen molar-refractivity contribution >= 4 is 23.4 Å². The predicted molar refractivity (Wildman–Crippen MR) is 106 cm³/mol. The van der Waals surface area contributed by atoms with Crippen LogP contribution >= 0.6 is 11.6 Å². The molecule has 3 rings (SSSR count). The standard InChI is InChI=1S/C20H28ClN3O4/c21-15-7-5-14(6-8-15)12-22-19(27)17(25)18(26)20(28)24-11-3-4-16(24)13-23-9-1-2-10-23/h5-8,16-18,25-26H,1-4,9-13H2,(H,22,27)/t16-,17+,18+/m0/s1. The van der Waals surface area contributed by atoms with E-state index in [2.05, 4.69) is 10.2 Å². The third-order valence-corrected chi connectivity index (χ3v) is 5.78. The number of halogens is 1. The van der Waals surface area contributed by atoms with Crippen molar-refractivity contribution in [2.24, 2.45) is 0 Å². The highest BCUT2D eigenvalue weighted by atomic mass is 35.5. The van der Waals surface area contributed by atoms with Gasteiger partial charge in [0, 0.05) is 30.7 Å². The fourth-order valence-electron chi connectivity index (χ4n) is 3.92. The number of hydrogen-bond acceptors (Lipinski definition) is 5. The highest BCUT2D eigenvalue weighted by Gasteiger charge is 2.38. The summed E-state index contributed by atoms with van der Waals surface area (Å²) in [7, 11) is 0. The maximum absolute atomic E-state index is 12.7. The van der Waals surface area contributed by atoms with Gasteiger partial charge in [-0.2, -0.15) is 0 Å². The first kappa shape index (κ1) is 21.0. The summed E-state index contributed by atoms with van der Waals surface area (Å²) in [6.45, 7) is 3.59. The van der Waals surface area contributed by atoms with Crippen LogP contribution in [0.1, 0.15) is 31.2 Å². The van der Waals surface area contributed by atoms with E-state index in [-0.39, 0.29) is 12.6 Å². The van der Waals surface area contributed by atoms with Crippen LogP contribution in [0, 0.1) is 0 Å². The first-order valence-corrected chi connectivity index (χ1v) is 10.2. The van der Waals surface area contributed by atoms with Crippen molar-refractivity contribution in [1.82, 2.24) is 15.1 Å². The molecule has 154 valence electrons. The number of nitrogens with zero attached hydrogens (tertiary/aromatic N) is 2. The quantitative estimate of drug-likeness (QED) is 0.618. The van der Waals surface area contributed by atoms with Crippen molar-refractivity contribution in [3.63, 3.8) is 0 Å². The van der Waals surface area contributed by atoms with Gasteiger partial charge in [0.15, 0.2) is 12.2 Å². The van der Waals surface area contributed by atoms with Crippen LogP contribution in [0.4, 0.5) is 0 Å². The number of carbonyl (C=O) groups is 2. The van der Waals surface area contributed by atoms with E-state index < -0.39 is 24.0 Å². The van der Waals surface area contributed by atoms with Crippen LogP contribution < -0.4 is 5.32 Å². The molecule has 1 aromatic carbocycles. The Balaban J connectivity index is 1.52. The van der Waals surface area contributed by atoms with E-state index in [0.717, 1.165) is 38.0 Å². The second-order valence-corrected chi connectivity index (χ2v) is 8.01. The van der Waals surface area contributed by atoms with Gasteiger partial charge in [-0.1, -0.05) is 23.7 Å². The van der Waals surface area contributed by atoms with Gasteiger partial charge in [-0.15, -0.1) is 0 Å². The summed E-state index contributed by atoms with van der Waals surface area (Å²) < 4.78 is 0. The van der Waals surface area contributed by atoms with Crippen LogP contribution in [-0.4, -0.2) is 76.3 Å². The fourth-order valence-corrected chi connectivity index (χ4v) is 4.05. The molecular weight excluding hydrogens is 382 g/mol. The normalized spacial score (nSPS) is 22.2. The van der Waals surface area contributed by atoms with Crippen LogP contribution in [0.5, 0.6) is 0 Å². The smallest absolute Gasteiger partial charge is 0.254 e. The number of amides is 2. The van der Waals surface area contributed by atoms with Crippen molar-refractivity contribution in [2.75, 3.05) is 26.2 Å². The first-order valence-electron chi connectivity index (χ1n) is 9.87. The first-order chi connectivity index (χ1) is 13.5. The molecule has 3 atom stereocenters. The molecule has 2 aliphatic rings. The SMILES string of the molecule is O=C(NCc1ccc(Cl)cc1)[C@H](O)[C@@H](O)C(=O)N1CCC[C@H]1CN1CCCC1. The van der Waals surface area contributed by atoms with E-state index in [0.29, 0.717) is 11.6 Å². The topological polar surface area (TPSA) is 93.1 Å². The van der Waals surface area contributed by atoms with E-state index in [1.54, 1.807) is 29.2 Å². The zero-order chi connectivity index (χ0) is 20.1. The molecule has 2 fully saturated rings. The Morgan fingerprint density at radius 3 is 2.43 bits per heavy atom. The van der Waals surface area contributed by atoms with E-state index in [9.17, 15) is 19.8 Å². The van der Waals surface area contributed by atoms with Gasteiger partial charge < -0.3 is 25.3 Å². The Kier molecular flexibility index (Phi) is 7.29. The number of benzene rings is 1. The molecule has 2 amide bonds. The number of aliphatic hydroxyl groups is 2.